The minimum atomic E-state index is 0. The topological polar surface area (TPSA) is 22.1 Å². The molecule has 0 aliphatic carbocycles. The summed E-state index contributed by atoms with van der Waals surface area (Å²) in [6, 6.07) is 15.2. The first-order valence-electron chi connectivity index (χ1n) is 4.09. The summed E-state index contributed by atoms with van der Waals surface area (Å²) in [4.78, 5) is 4.05. The molecule has 0 spiro atoms. The van der Waals surface area contributed by atoms with E-state index in [0.29, 0.717) is 5.88 Å². The fourth-order valence-electron chi connectivity index (χ4n) is 1.02. The van der Waals surface area contributed by atoms with Gasteiger partial charge in [-0.25, -0.2) is 4.98 Å². The second kappa shape index (κ2) is 5.49. The van der Waals surface area contributed by atoms with Crippen LogP contribution in [0.5, 0.6) is 11.6 Å². The van der Waals surface area contributed by atoms with Gasteiger partial charge in [-0.15, -0.1) is 0 Å². The number of ether oxygens (including phenoxy) is 1. The Morgan fingerprint density at radius 1 is 0.857 bits per heavy atom. The zero-order valence-electron chi connectivity index (χ0n) is 8.05. The maximum Gasteiger partial charge on any atom is 0.219 e. The molecule has 1 aromatic carbocycles. The molecule has 2 nitrogen and oxygen atoms in total. The van der Waals surface area contributed by atoms with Gasteiger partial charge in [-0.2, -0.15) is 0 Å². The summed E-state index contributed by atoms with van der Waals surface area (Å²) < 4.78 is 5.47. The number of para-hydroxylation sites is 1. The van der Waals surface area contributed by atoms with Gasteiger partial charge in [-0.3, -0.25) is 0 Å². The minimum Gasteiger partial charge on any atom is -0.439 e. The van der Waals surface area contributed by atoms with Crippen molar-refractivity contribution in [1.29, 1.82) is 0 Å². The summed E-state index contributed by atoms with van der Waals surface area (Å²) in [6.45, 7) is 0. The van der Waals surface area contributed by atoms with Gasteiger partial charge in [0.15, 0.2) is 0 Å². The van der Waals surface area contributed by atoms with Crippen molar-refractivity contribution < 1.29 is 4.74 Å². The van der Waals surface area contributed by atoms with Crippen LogP contribution in [0.4, 0.5) is 0 Å². The predicted octanol–water partition coefficient (Wildman–Crippen LogP) is 2.49. The Labute approximate surface area is 95.1 Å². The molecule has 1 radical (unpaired) electrons. The molecule has 0 aliphatic rings. The summed E-state index contributed by atoms with van der Waals surface area (Å²) in [7, 11) is 0. The number of hydrogen-bond donors (Lipinski definition) is 0. The van der Waals surface area contributed by atoms with E-state index < -0.39 is 0 Å². The molecule has 1 aromatic heterocycles. The van der Waals surface area contributed by atoms with Crippen molar-refractivity contribution in [3.05, 3.63) is 54.7 Å². The Morgan fingerprint density at radius 2 is 1.57 bits per heavy atom. The van der Waals surface area contributed by atoms with Crippen LogP contribution >= 0.6 is 0 Å². The van der Waals surface area contributed by atoms with Crippen LogP contribution in [-0.4, -0.2) is 23.8 Å². The van der Waals surface area contributed by atoms with Gasteiger partial charge in [-0.05, 0) is 18.2 Å². The van der Waals surface area contributed by atoms with Crippen molar-refractivity contribution in [1.82, 2.24) is 4.98 Å². The zero-order valence-corrected chi connectivity index (χ0v) is 8.05. The molecule has 0 saturated carbocycles. The fraction of sp³-hybridized carbons (Fsp3) is 0. The molecular formula is C11H9LiNO. The Kier molecular flexibility index (Phi) is 4.25. The maximum atomic E-state index is 5.47. The van der Waals surface area contributed by atoms with E-state index in [1.807, 2.05) is 48.5 Å². The quantitative estimate of drug-likeness (QED) is 0.659. The molecule has 14 heavy (non-hydrogen) atoms. The second-order valence-corrected chi connectivity index (χ2v) is 2.58. The average Bonchev–Trinajstić information content (AvgIpc) is 2.21. The van der Waals surface area contributed by atoms with Crippen LogP contribution in [0.25, 0.3) is 0 Å². The van der Waals surface area contributed by atoms with Gasteiger partial charge in [0.2, 0.25) is 5.88 Å². The van der Waals surface area contributed by atoms with E-state index in [-0.39, 0.29) is 18.9 Å². The molecular weight excluding hydrogens is 169 g/mol. The average molecular weight is 178 g/mol. The third-order valence-electron chi connectivity index (χ3n) is 1.60. The van der Waals surface area contributed by atoms with Crippen LogP contribution in [0.1, 0.15) is 0 Å². The van der Waals surface area contributed by atoms with Crippen LogP contribution in [0.15, 0.2) is 54.7 Å². The van der Waals surface area contributed by atoms with Gasteiger partial charge >= 0.3 is 0 Å². The van der Waals surface area contributed by atoms with Crippen LogP contribution in [0, 0.1) is 0 Å². The van der Waals surface area contributed by atoms with Crippen LogP contribution in [0.2, 0.25) is 0 Å². The molecule has 0 unspecified atom stereocenters. The van der Waals surface area contributed by atoms with Crippen molar-refractivity contribution in [2.24, 2.45) is 0 Å². The number of nitrogens with zero attached hydrogens (tertiary/aromatic N) is 1. The van der Waals surface area contributed by atoms with Crippen LogP contribution < -0.4 is 4.74 Å². The first-order valence-corrected chi connectivity index (χ1v) is 4.09. The molecule has 65 valence electrons. The van der Waals surface area contributed by atoms with Crippen molar-refractivity contribution in [3.63, 3.8) is 0 Å². The van der Waals surface area contributed by atoms with E-state index in [1.54, 1.807) is 6.20 Å². The molecule has 1 heterocycles. The van der Waals surface area contributed by atoms with Gasteiger partial charge in [-0.1, -0.05) is 24.3 Å². The third kappa shape index (κ3) is 2.92. The smallest absolute Gasteiger partial charge is 0.219 e. The summed E-state index contributed by atoms with van der Waals surface area (Å²) >= 11 is 0. The molecule has 0 aliphatic heterocycles. The van der Waals surface area contributed by atoms with Gasteiger partial charge in [0.1, 0.15) is 5.75 Å². The number of aromatic nitrogens is 1. The van der Waals surface area contributed by atoms with E-state index in [9.17, 15) is 0 Å². The van der Waals surface area contributed by atoms with Gasteiger partial charge < -0.3 is 4.74 Å². The Morgan fingerprint density at radius 3 is 2.21 bits per heavy atom. The third-order valence-corrected chi connectivity index (χ3v) is 1.60. The van der Waals surface area contributed by atoms with E-state index in [0.717, 1.165) is 5.75 Å². The summed E-state index contributed by atoms with van der Waals surface area (Å²) in [6.07, 6.45) is 1.71. The van der Waals surface area contributed by atoms with E-state index in [1.165, 1.54) is 0 Å². The molecule has 0 atom stereocenters. The first-order chi connectivity index (χ1) is 6.45. The monoisotopic (exact) mass is 178 g/mol. The molecule has 3 heteroatoms. The Bertz CT molecular complexity index is 326. The number of hydrogen-bond acceptors (Lipinski definition) is 2. The number of rotatable bonds is 2. The standard InChI is InChI=1S/C11H9NO.Li/c1-2-6-10(7-3-1)13-11-8-4-5-9-12-11;/h1-9H;. The fourth-order valence-corrected chi connectivity index (χ4v) is 1.02. The first kappa shape index (κ1) is 10.8. The van der Waals surface area contributed by atoms with E-state index >= 15 is 0 Å². The number of pyridine rings is 1. The summed E-state index contributed by atoms with van der Waals surface area (Å²) in [5, 5.41) is 0. The Hall–Kier alpha value is -1.23. The SMILES string of the molecule is [Li].c1ccc(Oc2ccccn2)cc1. The normalized spacial score (nSPS) is 8.86. The molecule has 0 fully saturated rings. The summed E-state index contributed by atoms with van der Waals surface area (Å²) in [5.41, 5.74) is 0. The maximum absolute atomic E-state index is 5.47. The zero-order chi connectivity index (χ0) is 8.93. The van der Waals surface area contributed by atoms with Crippen molar-refractivity contribution in [2.75, 3.05) is 0 Å². The van der Waals surface area contributed by atoms with E-state index in [4.69, 9.17) is 4.74 Å². The van der Waals surface area contributed by atoms with Crippen molar-refractivity contribution >= 4 is 18.9 Å². The van der Waals surface area contributed by atoms with Crippen LogP contribution in [-0.2, 0) is 0 Å². The Balaban J connectivity index is 0.000000980. The van der Waals surface area contributed by atoms with Gasteiger partial charge in [0, 0.05) is 31.1 Å². The largest absolute Gasteiger partial charge is 0.439 e. The minimum absolute atomic E-state index is 0. The van der Waals surface area contributed by atoms with Gasteiger partial charge in [0.05, 0.1) is 0 Å². The molecule has 0 N–H and O–H groups in total. The number of benzene rings is 1. The molecule has 2 rings (SSSR count). The van der Waals surface area contributed by atoms with E-state index in [2.05, 4.69) is 4.98 Å². The molecule has 2 aromatic rings. The second-order valence-electron chi connectivity index (χ2n) is 2.58. The molecule has 0 saturated heterocycles. The molecule has 0 bridgehead atoms. The van der Waals surface area contributed by atoms with Crippen LogP contribution in [0.3, 0.4) is 0 Å². The van der Waals surface area contributed by atoms with Crippen molar-refractivity contribution in [3.8, 4) is 11.6 Å². The molecule has 0 amide bonds. The van der Waals surface area contributed by atoms with Gasteiger partial charge in [0.25, 0.3) is 0 Å². The van der Waals surface area contributed by atoms with Crippen molar-refractivity contribution in [2.45, 2.75) is 0 Å². The predicted molar refractivity (Wildman–Crippen MR) is 56.5 cm³/mol. The summed E-state index contributed by atoms with van der Waals surface area (Å²) in [5.74, 6) is 1.43.